The lowest BCUT2D eigenvalue weighted by molar-refractivity contribution is -0.128. The maximum atomic E-state index is 12.0. The first-order valence-corrected chi connectivity index (χ1v) is 7.03. The average Bonchev–Trinajstić information content (AvgIpc) is 2.86. The van der Waals surface area contributed by atoms with E-state index in [0.29, 0.717) is 10.9 Å². The normalized spacial score (nSPS) is 19.4. The zero-order valence-electron chi connectivity index (χ0n) is 9.98. The minimum Gasteiger partial charge on any atom is -0.326 e. The van der Waals surface area contributed by atoms with Crippen molar-refractivity contribution in [2.45, 2.75) is 38.8 Å². The molecular formula is C11H14ClN3O2S. The molecule has 2 rings (SSSR count). The highest BCUT2D eigenvalue weighted by atomic mass is 35.5. The minimum absolute atomic E-state index is 0.155. The van der Waals surface area contributed by atoms with Gasteiger partial charge in [-0.25, -0.2) is 9.78 Å². The van der Waals surface area contributed by atoms with Gasteiger partial charge in [-0.2, -0.15) is 0 Å². The maximum Gasteiger partial charge on any atom is 0.325 e. The van der Waals surface area contributed by atoms with Crippen LogP contribution in [-0.4, -0.2) is 27.9 Å². The molecule has 0 saturated carbocycles. The van der Waals surface area contributed by atoms with Crippen LogP contribution in [0.3, 0.4) is 0 Å². The Bertz CT molecular complexity index is 463. The molecule has 0 bridgehead atoms. The molecule has 1 saturated heterocycles. The van der Waals surface area contributed by atoms with Crippen molar-refractivity contribution in [1.29, 1.82) is 0 Å². The van der Waals surface area contributed by atoms with Crippen LogP contribution in [0.1, 0.15) is 31.1 Å². The summed E-state index contributed by atoms with van der Waals surface area (Å²) in [5, 5.41) is 2.70. The SMILES string of the molecule is CCCC[C@H]1NC(=O)N(Cc2cnc(Cl)s2)C1=O. The predicted molar refractivity (Wildman–Crippen MR) is 69.5 cm³/mol. The second kappa shape index (κ2) is 5.67. The Balaban J connectivity index is 2.00. The van der Waals surface area contributed by atoms with E-state index in [-0.39, 0.29) is 24.5 Å². The van der Waals surface area contributed by atoms with E-state index in [1.165, 1.54) is 16.2 Å². The molecule has 7 heteroatoms. The van der Waals surface area contributed by atoms with E-state index < -0.39 is 0 Å². The van der Waals surface area contributed by atoms with E-state index in [2.05, 4.69) is 17.2 Å². The Labute approximate surface area is 114 Å². The summed E-state index contributed by atoms with van der Waals surface area (Å²) in [6.45, 7) is 2.30. The number of carbonyl (C=O) groups is 2. The summed E-state index contributed by atoms with van der Waals surface area (Å²) in [6.07, 6.45) is 4.22. The van der Waals surface area contributed by atoms with Crippen LogP contribution in [0.5, 0.6) is 0 Å². The van der Waals surface area contributed by atoms with Gasteiger partial charge in [0.2, 0.25) is 0 Å². The third-order valence-corrected chi connectivity index (χ3v) is 3.89. The van der Waals surface area contributed by atoms with Crippen LogP contribution in [0, 0.1) is 0 Å². The predicted octanol–water partition coefficient (Wildman–Crippen LogP) is 2.41. The van der Waals surface area contributed by atoms with Crippen molar-refractivity contribution >= 4 is 34.9 Å². The number of aromatic nitrogens is 1. The molecule has 5 nitrogen and oxygen atoms in total. The van der Waals surface area contributed by atoms with Crippen LogP contribution in [0.15, 0.2) is 6.20 Å². The van der Waals surface area contributed by atoms with Gasteiger partial charge in [-0.1, -0.05) is 31.4 Å². The number of imide groups is 1. The van der Waals surface area contributed by atoms with E-state index in [1.54, 1.807) is 6.20 Å². The van der Waals surface area contributed by atoms with Gasteiger partial charge < -0.3 is 5.32 Å². The van der Waals surface area contributed by atoms with Crippen LogP contribution >= 0.6 is 22.9 Å². The minimum atomic E-state index is -0.374. The number of carbonyl (C=O) groups excluding carboxylic acids is 2. The maximum absolute atomic E-state index is 12.0. The Morgan fingerprint density at radius 3 is 2.94 bits per heavy atom. The smallest absolute Gasteiger partial charge is 0.325 e. The van der Waals surface area contributed by atoms with E-state index in [9.17, 15) is 9.59 Å². The monoisotopic (exact) mass is 287 g/mol. The van der Waals surface area contributed by atoms with E-state index >= 15 is 0 Å². The fraction of sp³-hybridized carbons (Fsp3) is 0.545. The van der Waals surface area contributed by atoms with Crippen LogP contribution < -0.4 is 5.32 Å². The molecule has 1 aromatic heterocycles. The Morgan fingerprint density at radius 2 is 2.33 bits per heavy atom. The lowest BCUT2D eigenvalue weighted by Crippen LogP contribution is -2.30. The first kappa shape index (κ1) is 13.3. The second-order valence-electron chi connectivity index (χ2n) is 4.15. The highest BCUT2D eigenvalue weighted by Crippen LogP contribution is 2.21. The highest BCUT2D eigenvalue weighted by Gasteiger charge is 2.37. The molecule has 0 unspecified atom stereocenters. The molecule has 18 heavy (non-hydrogen) atoms. The average molecular weight is 288 g/mol. The molecule has 1 aromatic rings. The van der Waals surface area contributed by atoms with Gasteiger partial charge in [0.25, 0.3) is 5.91 Å². The standard InChI is InChI=1S/C11H14ClN3O2S/c1-2-3-4-8-9(16)15(11(17)14-8)6-7-5-13-10(12)18-7/h5,8H,2-4,6H2,1H3,(H,14,17)/t8-/m1/s1. The lowest BCUT2D eigenvalue weighted by atomic mass is 10.1. The number of amides is 3. The fourth-order valence-corrected chi connectivity index (χ4v) is 2.81. The highest BCUT2D eigenvalue weighted by molar-refractivity contribution is 7.15. The lowest BCUT2D eigenvalue weighted by Gasteiger charge is -2.11. The summed E-state index contributed by atoms with van der Waals surface area (Å²) >= 11 is 7.00. The molecule has 1 atom stereocenters. The molecule has 0 aromatic carbocycles. The van der Waals surface area contributed by atoms with Crippen molar-refractivity contribution < 1.29 is 9.59 Å². The number of nitrogens with zero attached hydrogens (tertiary/aromatic N) is 2. The number of hydrogen-bond donors (Lipinski definition) is 1. The number of rotatable bonds is 5. The van der Waals surface area contributed by atoms with Crippen molar-refractivity contribution in [2.75, 3.05) is 0 Å². The molecule has 0 spiro atoms. The second-order valence-corrected chi connectivity index (χ2v) is 5.85. The Kier molecular flexibility index (Phi) is 4.19. The number of urea groups is 1. The van der Waals surface area contributed by atoms with Gasteiger partial charge in [-0.05, 0) is 6.42 Å². The van der Waals surface area contributed by atoms with Crippen molar-refractivity contribution in [3.8, 4) is 0 Å². The van der Waals surface area contributed by atoms with Crippen LogP contribution in [0.2, 0.25) is 4.47 Å². The van der Waals surface area contributed by atoms with Crippen LogP contribution in [0.25, 0.3) is 0 Å². The summed E-state index contributed by atoms with van der Waals surface area (Å²) < 4.78 is 0.416. The molecular weight excluding hydrogens is 274 g/mol. The molecule has 3 amide bonds. The molecule has 0 radical (unpaired) electrons. The molecule has 2 heterocycles. The van der Waals surface area contributed by atoms with E-state index in [4.69, 9.17) is 11.6 Å². The Morgan fingerprint density at radius 1 is 1.56 bits per heavy atom. The number of hydrogen-bond acceptors (Lipinski definition) is 4. The zero-order chi connectivity index (χ0) is 13.1. The number of nitrogens with one attached hydrogen (secondary N) is 1. The third kappa shape index (κ3) is 2.81. The van der Waals surface area contributed by atoms with Gasteiger partial charge in [0.05, 0.1) is 6.54 Å². The van der Waals surface area contributed by atoms with Crippen molar-refractivity contribution in [3.05, 3.63) is 15.5 Å². The molecule has 98 valence electrons. The molecule has 1 aliphatic heterocycles. The first-order chi connectivity index (χ1) is 8.61. The summed E-state index contributed by atoms with van der Waals surface area (Å²) in [7, 11) is 0. The zero-order valence-corrected chi connectivity index (χ0v) is 11.6. The van der Waals surface area contributed by atoms with Crippen molar-refractivity contribution in [3.63, 3.8) is 0 Å². The fourth-order valence-electron chi connectivity index (χ4n) is 1.84. The number of halogens is 1. The largest absolute Gasteiger partial charge is 0.326 e. The van der Waals surface area contributed by atoms with Gasteiger partial charge in [0.1, 0.15) is 6.04 Å². The van der Waals surface area contributed by atoms with E-state index in [1.807, 2.05) is 0 Å². The molecule has 1 N–H and O–H groups in total. The summed E-state index contributed by atoms with van der Waals surface area (Å²) in [6, 6.07) is -0.702. The first-order valence-electron chi connectivity index (χ1n) is 5.84. The van der Waals surface area contributed by atoms with Gasteiger partial charge in [-0.3, -0.25) is 9.69 Å². The molecule has 1 aliphatic rings. The van der Waals surface area contributed by atoms with Crippen LogP contribution in [0.4, 0.5) is 4.79 Å². The van der Waals surface area contributed by atoms with Gasteiger partial charge in [0, 0.05) is 11.1 Å². The van der Waals surface area contributed by atoms with Crippen molar-refractivity contribution in [2.24, 2.45) is 0 Å². The quantitative estimate of drug-likeness (QED) is 0.846. The topological polar surface area (TPSA) is 62.3 Å². The Hall–Kier alpha value is -1.14. The van der Waals surface area contributed by atoms with Gasteiger partial charge in [0.15, 0.2) is 4.47 Å². The third-order valence-electron chi connectivity index (χ3n) is 2.79. The van der Waals surface area contributed by atoms with Crippen LogP contribution in [-0.2, 0) is 11.3 Å². The number of thiazole rings is 1. The summed E-state index contributed by atoms with van der Waals surface area (Å²) in [4.78, 5) is 29.7. The molecule has 0 aliphatic carbocycles. The molecule has 1 fully saturated rings. The van der Waals surface area contributed by atoms with Crippen molar-refractivity contribution in [1.82, 2.24) is 15.2 Å². The van der Waals surface area contributed by atoms with Gasteiger partial charge in [-0.15, -0.1) is 11.3 Å². The van der Waals surface area contributed by atoms with E-state index in [0.717, 1.165) is 17.7 Å². The summed E-state index contributed by atoms with van der Waals surface area (Å²) in [5.41, 5.74) is 0. The summed E-state index contributed by atoms with van der Waals surface area (Å²) in [5.74, 6) is -0.155. The van der Waals surface area contributed by atoms with Gasteiger partial charge >= 0.3 is 6.03 Å². The number of unbranched alkanes of at least 4 members (excludes halogenated alkanes) is 1.